The maximum absolute atomic E-state index is 9.11. The predicted molar refractivity (Wildman–Crippen MR) is 51.4 cm³/mol. The highest BCUT2D eigenvalue weighted by Crippen LogP contribution is 2.49. The Hall–Kier alpha value is -0.0800. The number of aliphatic hydroxyl groups excluding tert-OH is 1. The van der Waals surface area contributed by atoms with Crippen molar-refractivity contribution in [2.24, 2.45) is 17.8 Å². The van der Waals surface area contributed by atoms with E-state index in [-0.39, 0.29) is 6.10 Å². The number of ether oxygens (including phenoxy) is 1. The summed E-state index contributed by atoms with van der Waals surface area (Å²) in [5.74, 6) is 2.61. The van der Waals surface area contributed by atoms with Gasteiger partial charge in [0.1, 0.15) is 0 Å². The Labute approximate surface area is 80.3 Å². The molecule has 0 heterocycles. The summed E-state index contributed by atoms with van der Waals surface area (Å²) in [6.07, 6.45) is 4.09. The molecule has 2 fully saturated rings. The molecule has 0 aromatic heterocycles. The zero-order valence-corrected chi connectivity index (χ0v) is 8.57. The van der Waals surface area contributed by atoms with E-state index < -0.39 is 0 Å². The molecule has 0 aromatic rings. The van der Waals surface area contributed by atoms with Crippen molar-refractivity contribution in [3.05, 3.63) is 0 Å². The van der Waals surface area contributed by atoms with Gasteiger partial charge >= 0.3 is 0 Å². The van der Waals surface area contributed by atoms with Crippen molar-refractivity contribution in [3.8, 4) is 0 Å². The molecule has 2 aliphatic carbocycles. The maximum atomic E-state index is 9.11. The van der Waals surface area contributed by atoms with Crippen LogP contribution in [0.1, 0.15) is 33.1 Å². The Morgan fingerprint density at radius 1 is 1.31 bits per heavy atom. The third-order valence-electron chi connectivity index (χ3n) is 3.70. The van der Waals surface area contributed by atoms with E-state index in [0.29, 0.717) is 12.7 Å². The largest absolute Gasteiger partial charge is 0.391 e. The van der Waals surface area contributed by atoms with E-state index in [4.69, 9.17) is 9.84 Å². The number of fused-ring (bicyclic) bond motifs is 2. The summed E-state index contributed by atoms with van der Waals surface area (Å²) < 4.78 is 5.70. The van der Waals surface area contributed by atoms with Gasteiger partial charge in [-0.1, -0.05) is 6.92 Å². The van der Waals surface area contributed by atoms with Crippen LogP contribution in [0, 0.1) is 17.8 Å². The van der Waals surface area contributed by atoms with Gasteiger partial charge in [-0.05, 0) is 43.9 Å². The van der Waals surface area contributed by atoms with E-state index in [9.17, 15) is 0 Å². The Kier molecular flexibility index (Phi) is 2.61. The summed E-state index contributed by atoms with van der Waals surface area (Å²) in [5, 5.41) is 9.11. The Balaban J connectivity index is 1.79. The average molecular weight is 184 g/mol. The number of aliphatic hydroxyl groups is 1. The maximum Gasteiger partial charge on any atom is 0.0745 e. The predicted octanol–water partition coefficient (Wildman–Crippen LogP) is 1.82. The molecule has 2 aliphatic rings. The first-order valence-corrected chi connectivity index (χ1v) is 5.46. The molecule has 2 nitrogen and oxygen atoms in total. The minimum absolute atomic E-state index is 0.309. The average Bonchev–Trinajstić information content (AvgIpc) is 2.58. The first kappa shape index (κ1) is 9.47. The molecule has 2 heteroatoms. The Morgan fingerprint density at radius 2 is 2.08 bits per heavy atom. The molecule has 0 spiro atoms. The van der Waals surface area contributed by atoms with Gasteiger partial charge in [-0.25, -0.2) is 0 Å². The molecule has 13 heavy (non-hydrogen) atoms. The van der Waals surface area contributed by atoms with Crippen molar-refractivity contribution in [1.82, 2.24) is 0 Å². The van der Waals surface area contributed by atoms with Gasteiger partial charge in [-0.2, -0.15) is 0 Å². The summed E-state index contributed by atoms with van der Waals surface area (Å²) in [7, 11) is 0. The first-order valence-electron chi connectivity index (χ1n) is 5.46. The normalized spacial score (nSPS) is 45.5. The second kappa shape index (κ2) is 3.58. The molecule has 0 aromatic carbocycles. The quantitative estimate of drug-likeness (QED) is 0.725. The summed E-state index contributed by atoms with van der Waals surface area (Å²) in [4.78, 5) is 0. The fraction of sp³-hybridized carbons (Fsp3) is 1.00. The molecular formula is C11H20O2. The van der Waals surface area contributed by atoms with Crippen LogP contribution in [0.5, 0.6) is 0 Å². The molecule has 0 amide bonds. The minimum Gasteiger partial charge on any atom is -0.391 e. The molecule has 2 bridgehead atoms. The lowest BCUT2D eigenvalue weighted by atomic mass is 9.89. The zero-order valence-electron chi connectivity index (χ0n) is 8.57. The summed E-state index contributed by atoms with van der Waals surface area (Å²) >= 11 is 0. The highest BCUT2D eigenvalue weighted by Gasteiger charge is 2.44. The van der Waals surface area contributed by atoms with Gasteiger partial charge in [-0.3, -0.25) is 0 Å². The highest BCUT2D eigenvalue weighted by molar-refractivity contribution is 4.94. The van der Waals surface area contributed by atoms with Crippen molar-refractivity contribution in [2.45, 2.75) is 45.3 Å². The molecule has 0 saturated heterocycles. The van der Waals surface area contributed by atoms with Crippen molar-refractivity contribution < 1.29 is 9.84 Å². The van der Waals surface area contributed by atoms with Crippen LogP contribution >= 0.6 is 0 Å². The van der Waals surface area contributed by atoms with E-state index in [1.807, 2.05) is 0 Å². The van der Waals surface area contributed by atoms with Gasteiger partial charge in [0.05, 0.1) is 18.8 Å². The third kappa shape index (κ3) is 1.89. The van der Waals surface area contributed by atoms with Gasteiger partial charge < -0.3 is 9.84 Å². The van der Waals surface area contributed by atoms with Crippen molar-refractivity contribution in [2.75, 3.05) is 6.61 Å². The van der Waals surface area contributed by atoms with E-state index in [2.05, 4.69) is 6.92 Å². The van der Waals surface area contributed by atoms with Crippen LogP contribution in [-0.4, -0.2) is 23.9 Å². The lowest BCUT2D eigenvalue weighted by molar-refractivity contribution is -0.0309. The molecule has 5 atom stereocenters. The van der Waals surface area contributed by atoms with Gasteiger partial charge in [0.25, 0.3) is 0 Å². The van der Waals surface area contributed by atoms with Crippen LogP contribution in [-0.2, 0) is 4.74 Å². The lowest BCUT2D eigenvalue weighted by Crippen LogP contribution is -2.26. The Morgan fingerprint density at radius 3 is 2.54 bits per heavy atom. The molecule has 0 radical (unpaired) electrons. The van der Waals surface area contributed by atoms with Crippen LogP contribution in [0.3, 0.4) is 0 Å². The summed E-state index contributed by atoms with van der Waals surface area (Å²) in [5.41, 5.74) is 0. The smallest absolute Gasteiger partial charge is 0.0745 e. The van der Waals surface area contributed by atoms with Gasteiger partial charge in [-0.15, -0.1) is 0 Å². The van der Waals surface area contributed by atoms with E-state index in [1.54, 1.807) is 6.92 Å². The van der Waals surface area contributed by atoms with Crippen LogP contribution in [0.15, 0.2) is 0 Å². The summed E-state index contributed by atoms with van der Waals surface area (Å²) in [6, 6.07) is 0. The fourth-order valence-corrected chi connectivity index (χ4v) is 2.98. The molecule has 5 unspecified atom stereocenters. The SMILES string of the molecule is CC(O)COC1CC2CC1CC2C. The van der Waals surface area contributed by atoms with E-state index in [0.717, 1.165) is 17.8 Å². The van der Waals surface area contributed by atoms with Crippen LogP contribution in [0.2, 0.25) is 0 Å². The number of hydrogen-bond donors (Lipinski definition) is 1. The fourth-order valence-electron chi connectivity index (χ4n) is 2.98. The van der Waals surface area contributed by atoms with Crippen LogP contribution in [0.25, 0.3) is 0 Å². The van der Waals surface area contributed by atoms with Crippen LogP contribution in [0.4, 0.5) is 0 Å². The summed E-state index contributed by atoms with van der Waals surface area (Å²) in [6.45, 7) is 4.66. The number of hydrogen-bond acceptors (Lipinski definition) is 2. The number of rotatable bonds is 3. The standard InChI is InChI=1S/C11H20O2/c1-7-3-10-4-9(7)5-11(10)13-6-8(2)12/h7-12H,3-6H2,1-2H3. The highest BCUT2D eigenvalue weighted by atomic mass is 16.5. The van der Waals surface area contributed by atoms with E-state index in [1.165, 1.54) is 19.3 Å². The molecule has 0 aliphatic heterocycles. The molecule has 1 N–H and O–H groups in total. The van der Waals surface area contributed by atoms with Crippen molar-refractivity contribution in [1.29, 1.82) is 0 Å². The topological polar surface area (TPSA) is 29.5 Å². The first-order chi connectivity index (χ1) is 6.16. The molecular weight excluding hydrogens is 164 g/mol. The molecule has 76 valence electrons. The van der Waals surface area contributed by atoms with Crippen molar-refractivity contribution in [3.63, 3.8) is 0 Å². The van der Waals surface area contributed by atoms with Gasteiger partial charge in [0, 0.05) is 0 Å². The zero-order chi connectivity index (χ0) is 9.42. The Bertz CT molecular complexity index is 177. The third-order valence-corrected chi connectivity index (χ3v) is 3.70. The monoisotopic (exact) mass is 184 g/mol. The van der Waals surface area contributed by atoms with Gasteiger partial charge in [0.2, 0.25) is 0 Å². The van der Waals surface area contributed by atoms with Crippen molar-refractivity contribution >= 4 is 0 Å². The second-order valence-corrected chi connectivity index (χ2v) is 4.93. The molecule has 2 rings (SSSR count). The molecule has 2 saturated carbocycles. The second-order valence-electron chi connectivity index (χ2n) is 4.93. The van der Waals surface area contributed by atoms with Crippen LogP contribution < -0.4 is 0 Å². The minimum atomic E-state index is -0.309. The lowest BCUT2D eigenvalue weighted by Gasteiger charge is -2.26. The van der Waals surface area contributed by atoms with Gasteiger partial charge in [0.15, 0.2) is 0 Å². The van der Waals surface area contributed by atoms with E-state index >= 15 is 0 Å².